The Labute approximate surface area is 92.4 Å². The summed E-state index contributed by atoms with van der Waals surface area (Å²) in [6, 6.07) is 7.20. The first-order valence-corrected chi connectivity index (χ1v) is 5.94. The van der Waals surface area contributed by atoms with Gasteiger partial charge in [-0.15, -0.1) is 0 Å². The van der Waals surface area contributed by atoms with Gasteiger partial charge in [-0.05, 0) is 31.0 Å². The zero-order valence-electron chi connectivity index (χ0n) is 7.96. The number of rotatable bonds is 0. The van der Waals surface area contributed by atoms with Gasteiger partial charge in [0.25, 0.3) is 0 Å². The van der Waals surface area contributed by atoms with Crippen molar-refractivity contribution in [2.24, 2.45) is 0 Å². The molecule has 1 fully saturated rings. The van der Waals surface area contributed by atoms with E-state index < -0.39 is 0 Å². The van der Waals surface area contributed by atoms with E-state index in [4.69, 9.17) is 0 Å². The van der Waals surface area contributed by atoms with Crippen molar-refractivity contribution in [3.63, 3.8) is 0 Å². The second kappa shape index (κ2) is 3.16. The normalized spacial score (nSPS) is 24.1. The predicted molar refractivity (Wildman–Crippen MR) is 63.0 cm³/mol. The van der Waals surface area contributed by atoms with Crippen LogP contribution in [0.4, 0.5) is 11.4 Å². The molecule has 3 heteroatoms. The van der Waals surface area contributed by atoms with Crippen LogP contribution in [0.2, 0.25) is 0 Å². The molecule has 0 radical (unpaired) electrons. The molecule has 1 saturated heterocycles. The molecule has 0 unspecified atom stereocenters. The lowest BCUT2D eigenvalue weighted by atomic mass is 10.1. The van der Waals surface area contributed by atoms with Gasteiger partial charge in [-0.25, -0.2) is 0 Å². The molecule has 2 nitrogen and oxygen atoms in total. The topological polar surface area (TPSA) is 15.3 Å². The van der Waals surface area contributed by atoms with Crippen LogP contribution in [0.5, 0.6) is 0 Å². The van der Waals surface area contributed by atoms with Crippen LogP contribution in [-0.4, -0.2) is 19.1 Å². The van der Waals surface area contributed by atoms with Gasteiger partial charge in [0.15, 0.2) is 0 Å². The van der Waals surface area contributed by atoms with Gasteiger partial charge < -0.3 is 10.2 Å². The number of hydrogen-bond donors (Lipinski definition) is 1. The molecular formula is C11H13BrN2. The van der Waals surface area contributed by atoms with Crippen LogP contribution >= 0.6 is 15.9 Å². The highest BCUT2D eigenvalue weighted by atomic mass is 79.9. The molecule has 0 amide bonds. The Hall–Kier alpha value is -0.700. The lowest BCUT2D eigenvalue weighted by Gasteiger charge is -2.34. The second-order valence-corrected chi connectivity index (χ2v) is 4.95. The maximum atomic E-state index is 3.53. The van der Waals surface area contributed by atoms with Gasteiger partial charge in [0.2, 0.25) is 0 Å². The number of anilines is 2. The summed E-state index contributed by atoms with van der Waals surface area (Å²) >= 11 is 3.53. The van der Waals surface area contributed by atoms with Crippen LogP contribution in [0.25, 0.3) is 0 Å². The summed E-state index contributed by atoms with van der Waals surface area (Å²) in [6.45, 7) is 2.32. The Morgan fingerprint density at radius 1 is 1.43 bits per heavy atom. The minimum atomic E-state index is 0.719. The lowest BCUT2D eigenvalue weighted by molar-refractivity contribution is 0.683. The van der Waals surface area contributed by atoms with Crippen LogP contribution < -0.4 is 10.2 Å². The molecule has 14 heavy (non-hydrogen) atoms. The molecule has 0 bridgehead atoms. The number of nitrogens with one attached hydrogen (secondary N) is 1. The van der Waals surface area contributed by atoms with Crippen molar-refractivity contribution in [3.05, 3.63) is 22.7 Å². The summed E-state index contributed by atoms with van der Waals surface area (Å²) < 4.78 is 1.17. The van der Waals surface area contributed by atoms with Crippen molar-refractivity contribution in [3.8, 4) is 0 Å². The first kappa shape index (κ1) is 8.60. The minimum absolute atomic E-state index is 0.719. The Morgan fingerprint density at radius 2 is 2.36 bits per heavy atom. The van der Waals surface area contributed by atoms with E-state index >= 15 is 0 Å². The minimum Gasteiger partial charge on any atom is -0.381 e. The number of fused-ring (bicyclic) bond motifs is 3. The van der Waals surface area contributed by atoms with Crippen molar-refractivity contribution in [1.82, 2.24) is 0 Å². The van der Waals surface area contributed by atoms with Gasteiger partial charge in [-0.1, -0.05) is 15.9 Å². The molecule has 2 heterocycles. The zero-order valence-corrected chi connectivity index (χ0v) is 9.55. The van der Waals surface area contributed by atoms with E-state index in [1.54, 1.807) is 0 Å². The third kappa shape index (κ3) is 1.22. The van der Waals surface area contributed by atoms with E-state index in [9.17, 15) is 0 Å². The maximum absolute atomic E-state index is 3.53. The highest BCUT2D eigenvalue weighted by molar-refractivity contribution is 9.10. The molecule has 0 aliphatic carbocycles. The standard InChI is InChI=1S/C11H13BrN2/c12-8-3-4-10-11(6-8)14-5-1-2-9(14)7-13-10/h3-4,6,9,13H,1-2,5,7H2/t9-/m0/s1. The number of halogens is 1. The predicted octanol–water partition coefficient (Wildman–Crippen LogP) is 2.84. The summed E-state index contributed by atoms with van der Waals surface area (Å²) in [6.07, 6.45) is 2.66. The molecule has 1 N–H and O–H groups in total. The summed E-state index contributed by atoms with van der Waals surface area (Å²) in [7, 11) is 0. The van der Waals surface area contributed by atoms with Crippen molar-refractivity contribution in [2.75, 3.05) is 23.3 Å². The van der Waals surface area contributed by atoms with Gasteiger partial charge in [-0.3, -0.25) is 0 Å². The van der Waals surface area contributed by atoms with E-state index in [0.29, 0.717) is 0 Å². The summed E-state index contributed by atoms with van der Waals surface area (Å²) in [5.74, 6) is 0. The van der Waals surface area contributed by atoms with E-state index in [-0.39, 0.29) is 0 Å². The lowest BCUT2D eigenvalue weighted by Crippen LogP contribution is -2.39. The average molecular weight is 253 g/mol. The van der Waals surface area contributed by atoms with Crippen LogP contribution in [0.15, 0.2) is 22.7 Å². The van der Waals surface area contributed by atoms with E-state index in [1.807, 2.05) is 0 Å². The molecule has 0 saturated carbocycles. The highest BCUT2D eigenvalue weighted by Gasteiger charge is 2.29. The summed E-state index contributed by atoms with van der Waals surface area (Å²) in [5, 5.41) is 3.50. The van der Waals surface area contributed by atoms with Crippen LogP contribution in [0.1, 0.15) is 12.8 Å². The van der Waals surface area contributed by atoms with Crippen LogP contribution in [0, 0.1) is 0 Å². The van der Waals surface area contributed by atoms with Gasteiger partial charge in [0.05, 0.1) is 11.4 Å². The summed E-state index contributed by atoms with van der Waals surface area (Å²) in [4.78, 5) is 2.54. The van der Waals surface area contributed by atoms with Gasteiger partial charge in [0, 0.05) is 23.6 Å². The third-order valence-corrected chi connectivity index (χ3v) is 3.67. The van der Waals surface area contributed by atoms with Crippen molar-refractivity contribution in [1.29, 1.82) is 0 Å². The quantitative estimate of drug-likeness (QED) is 0.764. The third-order valence-electron chi connectivity index (χ3n) is 3.17. The fraction of sp³-hybridized carbons (Fsp3) is 0.455. The fourth-order valence-corrected chi connectivity index (χ4v) is 2.83. The fourth-order valence-electron chi connectivity index (χ4n) is 2.48. The second-order valence-electron chi connectivity index (χ2n) is 4.03. The molecule has 0 aromatic heterocycles. The van der Waals surface area contributed by atoms with Crippen LogP contribution in [-0.2, 0) is 0 Å². The Morgan fingerprint density at radius 3 is 3.29 bits per heavy atom. The number of nitrogens with zero attached hydrogens (tertiary/aromatic N) is 1. The molecule has 3 rings (SSSR count). The maximum Gasteiger partial charge on any atom is 0.0616 e. The molecule has 1 aromatic rings. The number of benzene rings is 1. The number of hydrogen-bond acceptors (Lipinski definition) is 2. The Kier molecular flexibility index (Phi) is 1.94. The molecule has 2 aliphatic heterocycles. The summed E-state index contributed by atoms with van der Waals surface area (Å²) in [5.41, 5.74) is 2.65. The van der Waals surface area contributed by atoms with Crippen molar-refractivity contribution < 1.29 is 0 Å². The molecule has 74 valence electrons. The van der Waals surface area contributed by atoms with Gasteiger partial charge >= 0.3 is 0 Å². The average Bonchev–Trinajstić information content (AvgIpc) is 2.65. The van der Waals surface area contributed by atoms with Crippen molar-refractivity contribution >= 4 is 27.3 Å². The smallest absolute Gasteiger partial charge is 0.0616 e. The molecular weight excluding hydrogens is 240 g/mol. The zero-order chi connectivity index (χ0) is 9.54. The van der Waals surface area contributed by atoms with E-state index in [2.05, 4.69) is 44.3 Å². The first-order valence-electron chi connectivity index (χ1n) is 5.15. The highest BCUT2D eigenvalue weighted by Crippen LogP contribution is 2.37. The Bertz CT molecular complexity index is 364. The van der Waals surface area contributed by atoms with Gasteiger partial charge in [-0.2, -0.15) is 0 Å². The van der Waals surface area contributed by atoms with Gasteiger partial charge in [0.1, 0.15) is 0 Å². The van der Waals surface area contributed by atoms with Crippen molar-refractivity contribution in [2.45, 2.75) is 18.9 Å². The molecule has 1 aromatic carbocycles. The molecule has 1 atom stereocenters. The largest absolute Gasteiger partial charge is 0.381 e. The SMILES string of the molecule is Brc1ccc2c(c1)N1CCC[C@H]1CN2. The molecule has 0 spiro atoms. The molecule has 2 aliphatic rings. The first-order chi connectivity index (χ1) is 6.84. The van der Waals surface area contributed by atoms with Crippen LogP contribution in [0.3, 0.4) is 0 Å². The van der Waals surface area contributed by atoms with E-state index in [0.717, 1.165) is 12.6 Å². The monoisotopic (exact) mass is 252 g/mol. The Balaban J connectivity index is 2.07. The van der Waals surface area contributed by atoms with E-state index in [1.165, 1.54) is 35.2 Å².